The van der Waals surface area contributed by atoms with Gasteiger partial charge in [-0.15, -0.1) is 0 Å². The highest BCUT2D eigenvalue weighted by Crippen LogP contribution is 2.23. The average molecular weight is 356 g/mol. The van der Waals surface area contributed by atoms with E-state index in [9.17, 15) is 4.79 Å². The van der Waals surface area contributed by atoms with E-state index in [1.54, 1.807) is 36.4 Å². The Hall–Kier alpha value is -2.58. The first-order valence-corrected chi connectivity index (χ1v) is 8.61. The van der Waals surface area contributed by atoms with Crippen LogP contribution < -0.4 is 10.1 Å². The lowest BCUT2D eigenvalue weighted by atomic mass is 9.92. The number of carbonyl (C=O) groups is 1. The van der Waals surface area contributed by atoms with Crippen molar-refractivity contribution in [2.24, 2.45) is 0 Å². The molecule has 1 aliphatic rings. The van der Waals surface area contributed by atoms with Gasteiger partial charge in [0.2, 0.25) is 5.88 Å². The molecule has 1 amide bonds. The number of carbonyl (C=O) groups excluding carboxylic acids is 1. The monoisotopic (exact) mass is 355 g/mol. The number of aromatic nitrogens is 1. The molecule has 3 rings (SSSR count). The number of hydrogen-bond donors (Lipinski definition) is 1. The molecule has 1 N–H and O–H groups in total. The first-order valence-electron chi connectivity index (χ1n) is 8.23. The van der Waals surface area contributed by atoms with Gasteiger partial charge in [-0.3, -0.25) is 4.79 Å². The van der Waals surface area contributed by atoms with Crippen LogP contribution >= 0.6 is 11.6 Å². The third kappa shape index (κ3) is 4.71. The van der Waals surface area contributed by atoms with Crippen molar-refractivity contribution in [3.8, 4) is 11.9 Å². The Morgan fingerprint density at radius 3 is 2.68 bits per heavy atom. The van der Waals surface area contributed by atoms with Gasteiger partial charge in [0.15, 0.2) is 0 Å². The molecule has 0 radical (unpaired) electrons. The number of nitrogens with one attached hydrogen (secondary N) is 1. The van der Waals surface area contributed by atoms with Gasteiger partial charge < -0.3 is 10.1 Å². The zero-order valence-electron chi connectivity index (χ0n) is 13.6. The van der Waals surface area contributed by atoms with E-state index in [-0.39, 0.29) is 18.1 Å². The molecule has 1 aromatic carbocycles. The standard InChI is InChI=1S/C19H18ClN3O2/c20-15-3-1-2-14(10-15)19(24)23-16-5-7-17(8-6-16)25-18-9-4-13(11-21)12-22-18/h1-4,9-10,12,16-17H,5-8H2,(H,23,24). The summed E-state index contributed by atoms with van der Waals surface area (Å²) in [5.41, 5.74) is 1.09. The fraction of sp³-hybridized carbons (Fsp3) is 0.316. The van der Waals surface area contributed by atoms with Gasteiger partial charge in [0.1, 0.15) is 12.2 Å². The van der Waals surface area contributed by atoms with Crippen molar-refractivity contribution in [1.29, 1.82) is 5.26 Å². The third-order valence-electron chi connectivity index (χ3n) is 4.25. The van der Waals surface area contributed by atoms with Crippen molar-refractivity contribution in [3.05, 3.63) is 58.7 Å². The van der Waals surface area contributed by atoms with E-state index in [0.717, 1.165) is 25.7 Å². The van der Waals surface area contributed by atoms with E-state index in [1.165, 1.54) is 6.20 Å². The lowest BCUT2D eigenvalue weighted by Gasteiger charge is -2.29. The number of halogens is 1. The van der Waals surface area contributed by atoms with E-state index in [0.29, 0.717) is 22.0 Å². The van der Waals surface area contributed by atoms with E-state index in [1.807, 2.05) is 6.07 Å². The number of pyridine rings is 1. The summed E-state index contributed by atoms with van der Waals surface area (Å²) in [6.45, 7) is 0. The molecule has 1 aromatic heterocycles. The lowest BCUT2D eigenvalue weighted by Crippen LogP contribution is -2.39. The molecule has 25 heavy (non-hydrogen) atoms. The van der Waals surface area contributed by atoms with Gasteiger partial charge in [0.25, 0.3) is 5.91 Å². The Kier molecular flexibility index (Phi) is 5.52. The van der Waals surface area contributed by atoms with Crippen LogP contribution in [0, 0.1) is 11.3 Å². The topological polar surface area (TPSA) is 75.0 Å². The van der Waals surface area contributed by atoms with Crippen LogP contribution in [0.25, 0.3) is 0 Å². The van der Waals surface area contributed by atoms with Crippen LogP contribution in [0.15, 0.2) is 42.6 Å². The Labute approximate surface area is 151 Å². The van der Waals surface area contributed by atoms with E-state index in [2.05, 4.69) is 10.3 Å². The van der Waals surface area contributed by atoms with Crippen LogP contribution in [-0.2, 0) is 0 Å². The first-order chi connectivity index (χ1) is 12.1. The summed E-state index contributed by atoms with van der Waals surface area (Å²) in [5.74, 6) is 0.436. The largest absolute Gasteiger partial charge is 0.474 e. The summed E-state index contributed by atoms with van der Waals surface area (Å²) < 4.78 is 5.86. The Balaban J connectivity index is 1.48. The molecule has 0 atom stereocenters. The summed E-state index contributed by atoms with van der Waals surface area (Å²) in [5, 5.41) is 12.4. The molecule has 0 aliphatic heterocycles. The van der Waals surface area contributed by atoms with Crippen molar-refractivity contribution in [2.45, 2.75) is 37.8 Å². The minimum absolute atomic E-state index is 0.0831. The highest BCUT2D eigenvalue weighted by atomic mass is 35.5. The minimum atomic E-state index is -0.0966. The van der Waals surface area contributed by atoms with Crippen LogP contribution in [-0.4, -0.2) is 23.0 Å². The van der Waals surface area contributed by atoms with Crippen molar-refractivity contribution < 1.29 is 9.53 Å². The van der Waals surface area contributed by atoms with Crippen LogP contribution in [0.3, 0.4) is 0 Å². The van der Waals surface area contributed by atoms with Crippen LogP contribution in [0.1, 0.15) is 41.6 Å². The highest BCUT2D eigenvalue weighted by molar-refractivity contribution is 6.30. The molecule has 1 fully saturated rings. The lowest BCUT2D eigenvalue weighted by molar-refractivity contribution is 0.0890. The van der Waals surface area contributed by atoms with Gasteiger partial charge in [0, 0.05) is 28.9 Å². The fourth-order valence-electron chi connectivity index (χ4n) is 2.91. The Morgan fingerprint density at radius 2 is 2.04 bits per heavy atom. The van der Waals surface area contributed by atoms with Crippen molar-refractivity contribution in [3.63, 3.8) is 0 Å². The van der Waals surface area contributed by atoms with Crippen molar-refractivity contribution >= 4 is 17.5 Å². The fourth-order valence-corrected chi connectivity index (χ4v) is 3.10. The maximum absolute atomic E-state index is 12.3. The molecule has 1 heterocycles. The molecule has 128 valence electrons. The molecule has 0 spiro atoms. The summed E-state index contributed by atoms with van der Waals surface area (Å²) in [6, 6.07) is 12.5. The molecule has 1 saturated carbocycles. The normalized spacial score (nSPS) is 19.7. The smallest absolute Gasteiger partial charge is 0.251 e. The molecular formula is C19H18ClN3O2. The Morgan fingerprint density at radius 1 is 1.24 bits per heavy atom. The second kappa shape index (κ2) is 8.00. The number of nitriles is 1. The second-order valence-corrected chi connectivity index (χ2v) is 6.51. The highest BCUT2D eigenvalue weighted by Gasteiger charge is 2.24. The van der Waals surface area contributed by atoms with Crippen LogP contribution in [0.2, 0.25) is 5.02 Å². The van der Waals surface area contributed by atoms with Crippen molar-refractivity contribution in [1.82, 2.24) is 10.3 Å². The maximum atomic E-state index is 12.3. The summed E-state index contributed by atoms with van der Waals surface area (Å²) >= 11 is 5.93. The van der Waals surface area contributed by atoms with E-state index >= 15 is 0 Å². The zero-order valence-corrected chi connectivity index (χ0v) is 14.4. The molecule has 0 saturated heterocycles. The number of ether oxygens (including phenoxy) is 1. The molecule has 5 nitrogen and oxygen atoms in total. The predicted octanol–water partition coefficient (Wildman–Crippen LogP) is 3.73. The Bertz CT molecular complexity index is 778. The average Bonchev–Trinajstić information content (AvgIpc) is 2.64. The van der Waals surface area contributed by atoms with E-state index < -0.39 is 0 Å². The number of rotatable bonds is 4. The first kappa shape index (κ1) is 17.2. The summed E-state index contributed by atoms with van der Waals surface area (Å²) in [7, 11) is 0. The predicted molar refractivity (Wildman–Crippen MR) is 94.5 cm³/mol. The van der Waals surface area contributed by atoms with Gasteiger partial charge >= 0.3 is 0 Å². The van der Waals surface area contributed by atoms with Crippen molar-refractivity contribution in [2.75, 3.05) is 0 Å². The molecule has 2 aromatic rings. The number of benzene rings is 1. The maximum Gasteiger partial charge on any atom is 0.251 e. The third-order valence-corrected chi connectivity index (χ3v) is 4.48. The summed E-state index contributed by atoms with van der Waals surface area (Å²) in [4.78, 5) is 16.4. The quantitative estimate of drug-likeness (QED) is 0.906. The molecule has 6 heteroatoms. The van der Waals surface area contributed by atoms with E-state index in [4.69, 9.17) is 21.6 Å². The number of amides is 1. The molecule has 0 bridgehead atoms. The van der Waals surface area contributed by atoms with Gasteiger partial charge in [-0.25, -0.2) is 4.98 Å². The molecule has 1 aliphatic carbocycles. The zero-order chi connectivity index (χ0) is 17.6. The summed E-state index contributed by atoms with van der Waals surface area (Å²) in [6.07, 6.45) is 5.00. The van der Waals surface area contributed by atoms with Gasteiger partial charge in [-0.1, -0.05) is 17.7 Å². The van der Waals surface area contributed by atoms with Gasteiger partial charge in [-0.2, -0.15) is 5.26 Å². The second-order valence-electron chi connectivity index (χ2n) is 6.07. The SMILES string of the molecule is N#Cc1ccc(OC2CCC(NC(=O)c3cccc(Cl)c3)CC2)nc1. The van der Waals surface area contributed by atoms with Crippen LogP contribution in [0.4, 0.5) is 0 Å². The number of hydrogen-bond acceptors (Lipinski definition) is 4. The van der Waals surface area contributed by atoms with Crippen LogP contribution in [0.5, 0.6) is 5.88 Å². The molecular weight excluding hydrogens is 338 g/mol. The van der Waals surface area contributed by atoms with Gasteiger partial charge in [0.05, 0.1) is 5.56 Å². The van der Waals surface area contributed by atoms with Gasteiger partial charge in [-0.05, 0) is 49.9 Å². The molecule has 0 unspecified atom stereocenters. The minimum Gasteiger partial charge on any atom is -0.474 e. The number of nitrogens with zero attached hydrogens (tertiary/aromatic N) is 2.